The minimum atomic E-state index is -0.213. The number of amides is 2. The van der Waals surface area contributed by atoms with Crippen LogP contribution in [-0.2, 0) is 0 Å². The standard InChI is InChI=1S/C16H22N4OS/c1-4-20(14-7-5-6-12(2)10-14)9-8-17-15(21)19-16-18-13(3)11-22-16/h5-7,10-11H,4,8-9H2,1-3H3,(H2,17,18,19,21). The highest BCUT2D eigenvalue weighted by Crippen LogP contribution is 2.15. The topological polar surface area (TPSA) is 57.3 Å². The van der Waals surface area contributed by atoms with Gasteiger partial charge in [-0.2, -0.15) is 0 Å². The maximum Gasteiger partial charge on any atom is 0.321 e. The largest absolute Gasteiger partial charge is 0.370 e. The fourth-order valence-corrected chi connectivity index (χ4v) is 2.83. The lowest BCUT2D eigenvalue weighted by Gasteiger charge is -2.23. The molecule has 0 bridgehead atoms. The summed E-state index contributed by atoms with van der Waals surface area (Å²) in [5.41, 5.74) is 3.33. The Balaban J connectivity index is 1.80. The van der Waals surface area contributed by atoms with Crippen LogP contribution in [0.3, 0.4) is 0 Å². The molecule has 0 spiro atoms. The van der Waals surface area contributed by atoms with E-state index in [0.29, 0.717) is 11.7 Å². The van der Waals surface area contributed by atoms with Crippen LogP contribution >= 0.6 is 11.3 Å². The molecule has 0 radical (unpaired) electrons. The van der Waals surface area contributed by atoms with E-state index in [4.69, 9.17) is 0 Å². The van der Waals surface area contributed by atoms with Crippen molar-refractivity contribution in [3.63, 3.8) is 0 Å². The van der Waals surface area contributed by atoms with Crippen LogP contribution in [0.5, 0.6) is 0 Å². The number of carbonyl (C=O) groups is 1. The van der Waals surface area contributed by atoms with Gasteiger partial charge in [-0.3, -0.25) is 5.32 Å². The summed E-state index contributed by atoms with van der Waals surface area (Å²) in [6.07, 6.45) is 0. The number of hydrogen-bond donors (Lipinski definition) is 2. The second kappa shape index (κ2) is 7.79. The van der Waals surface area contributed by atoms with E-state index in [1.807, 2.05) is 12.3 Å². The number of thiazole rings is 1. The predicted molar refractivity (Wildman–Crippen MR) is 92.9 cm³/mol. The van der Waals surface area contributed by atoms with Crippen LogP contribution in [0.25, 0.3) is 0 Å². The van der Waals surface area contributed by atoms with Gasteiger partial charge >= 0.3 is 6.03 Å². The normalized spacial score (nSPS) is 10.3. The molecule has 2 amide bonds. The minimum absolute atomic E-state index is 0.213. The van der Waals surface area contributed by atoms with Gasteiger partial charge in [0.2, 0.25) is 0 Å². The summed E-state index contributed by atoms with van der Waals surface area (Å²) >= 11 is 1.43. The van der Waals surface area contributed by atoms with Crippen molar-refractivity contribution in [2.75, 3.05) is 29.9 Å². The summed E-state index contributed by atoms with van der Waals surface area (Å²) in [7, 11) is 0. The second-order valence-electron chi connectivity index (χ2n) is 5.09. The molecule has 5 nitrogen and oxygen atoms in total. The molecule has 6 heteroatoms. The van der Waals surface area contributed by atoms with Gasteiger partial charge in [0.15, 0.2) is 5.13 Å². The average Bonchev–Trinajstić information content (AvgIpc) is 2.88. The molecular formula is C16H22N4OS. The van der Waals surface area contributed by atoms with E-state index in [2.05, 4.69) is 58.6 Å². The van der Waals surface area contributed by atoms with Crippen LogP contribution in [0.15, 0.2) is 29.6 Å². The number of nitrogens with one attached hydrogen (secondary N) is 2. The molecule has 0 aliphatic rings. The molecule has 0 fully saturated rings. The Kier molecular flexibility index (Phi) is 5.77. The lowest BCUT2D eigenvalue weighted by atomic mass is 10.2. The maximum absolute atomic E-state index is 11.8. The Morgan fingerprint density at radius 3 is 2.82 bits per heavy atom. The Bertz CT molecular complexity index is 626. The van der Waals surface area contributed by atoms with E-state index < -0.39 is 0 Å². The molecule has 0 aliphatic carbocycles. The third-order valence-electron chi connectivity index (χ3n) is 3.26. The zero-order valence-corrected chi connectivity index (χ0v) is 14.0. The Labute approximate surface area is 135 Å². The molecule has 0 aliphatic heterocycles. The lowest BCUT2D eigenvalue weighted by Crippen LogP contribution is -2.37. The van der Waals surface area contributed by atoms with Crippen LogP contribution in [0.2, 0.25) is 0 Å². The third kappa shape index (κ3) is 4.73. The Hall–Kier alpha value is -2.08. The lowest BCUT2D eigenvalue weighted by molar-refractivity contribution is 0.252. The van der Waals surface area contributed by atoms with E-state index >= 15 is 0 Å². The molecule has 0 atom stereocenters. The Morgan fingerprint density at radius 2 is 2.18 bits per heavy atom. The van der Waals surface area contributed by atoms with Crippen LogP contribution in [0, 0.1) is 13.8 Å². The fraction of sp³-hybridized carbons (Fsp3) is 0.375. The van der Waals surface area contributed by atoms with Gasteiger partial charge in [-0.1, -0.05) is 12.1 Å². The van der Waals surface area contributed by atoms with Crippen LogP contribution in [0.4, 0.5) is 15.6 Å². The van der Waals surface area contributed by atoms with Crippen molar-refractivity contribution < 1.29 is 4.79 Å². The van der Waals surface area contributed by atoms with Gasteiger partial charge in [0.05, 0.1) is 5.69 Å². The molecule has 0 saturated heterocycles. The van der Waals surface area contributed by atoms with Crippen molar-refractivity contribution in [2.24, 2.45) is 0 Å². The molecule has 2 rings (SSSR count). The van der Waals surface area contributed by atoms with Gasteiger partial charge in [-0.05, 0) is 38.5 Å². The van der Waals surface area contributed by atoms with Crippen molar-refractivity contribution in [1.29, 1.82) is 0 Å². The first kappa shape index (κ1) is 16.3. The number of hydrogen-bond acceptors (Lipinski definition) is 4. The summed E-state index contributed by atoms with van der Waals surface area (Å²) < 4.78 is 0. The Morgan fingerprint density at radius 1 is 1.36 bits per heavy atom. The van der Waals surface area contributed by atoms with E-state index in [1.165, 1.54) is 22.6 Å². The molecule has 2 N–H and O–H groups in total. The summed E-state index contributed by atoms with van der Waals surface area (Å²) in [5, 5.41) is 8.14. The van der Waals surface area contributed by atoms with Gasteiger partial charge in [-0.15, -0.1) is 11.3 Å². The number of rotatable bonds is 6. The van der Waals surface area contributed by atoms with Crippen molar-refractivity contribution in [1.82, 2.24) is 10.3 Å². The number of carbonyl (C=O) groups excluding carboxylic acids is 1. The number of anilines is 2. The van der Waals surface area contributed by atoms with Gasteiger partial charge in [0.1, 0.15) is 0 Å². The zero-order valence-electron chi connectivity index (χ0n) is 13.2. The number of aryl methyl sites for hydroxylation is 2. The van der Waals surface area contributed by atoms with Crippen LogP contribution in [0.1, 0.15) is 18.2 Å². The van der Waals surface area contributed by atoms with Crippen molar-refractivity contribution >= 4 is 28.2 Å². The highest BCUT2D eigenvalue weighted by atomic mass is 32.1. The molecule has 1 heterocycles. The van der Waals surface area contributed by atoms with E-state index in [0.717, 1.165) is 18.8 Å². The number of benzene rings is 1. The fourth-order valence-electron chi connectivity index (χ4n) is 2.15. The van der Waals surface area contributed by atoms with Crippen LogP contribution in [-0.4, -0.2) is 30.6 Å². The number of aromatic nitrogens is 1. The van der Waals surface area contributed by atoms with E-state index in [-0.39, 0.29) is 6.03 Å². The molecule has 1 aromatic heterocycles. The van der Waals surface area contributed by atoms with E-state index in [9.17, 15) is 4.79 Å². The SMILES string of the molecule is CCN(CCNC(=O)Nc1nc(C)cs1)c1cccc(C)c1. The smallest absolute Gasteiger partial charge is 0.321 e. The quantitative estimate of drug-likeness (QED) is 0.858. The summed E-state index contributed by atoms with van der Waals surface area (Å²) in [4.78, 5) is 18.2. The molecule has 2 aromatic rings. The third-order valence-corrected chi connectivity index (χ3v) is 4.13. The van der Waals surface area contributed by atoms with Crippen molar-refractivity contribution in [3.05, 3.63) is 40.9 Å². The predicted octanol–water partition coefficient (Wildman–Crippen LogP) is 3.41. The molecular weight excluding hydrogens is 296 g/mol. The maximum atomic E-state index is 11.8. The van der Waals surface area contributed by atoms with E-state index in [1.54, 1.807) is 0 Å². The highest BCUT2D eigenvalue weighted by Gasteiger charge is 2.07. The first-order valence-electron chi connectivity index (χ1n) is 7.37. The highest BCUT2D eigenvalue weighted by molar-refractivity contribution is 7.13. The van der Waals surface area contributed by atoms with Crippen molar-refractivity contribution in [2.45, 2.75) is 20.8 Å². The van der Waals surface area contributed by atoms with Crippen LogP contribution < -0.4 is 15.5 Å². The van der Waals surface area contributed by atoms with Gasteiger partial charge in [-0.25, -0.2) is 9.78 Å². The second-order valence-corrected chi connectivity index (χ2v) is 5.95. The average molecular weight is 318 g/mol. The molecule has 1 aromatic carbocycles. The van der Waals surface area contributed by atoms with Gasteiger partial charge < -0.3 is 10.2 Å². The number of nitrogens with zero attached hydrogens (tertiary/aromatic N) is 2. The van der Waals surface area contributed by atoms with Gasteiger partial charge in [0.25, 0.3) is 0 Å². The molecule has 22 heavy (non-hydrogen) atoms. The number of urea groups is 1. The first-order chi connectivity index (χ1) is 10.6. The van der Waals surface area contributed by atoms with Gasteiger partial charge in [0, 0.05) is 30.7 Å². The molecule has 0 saturated carbocycles. The number of likely N-dealkylation sites (N-methyl/N-ethyl adjacent to an activating group) is 1. The summed E-state index contributed by atoms with van der Waals surface area (Å²) in [6, 6.07) is 8.17. The molecule has 0 unspecified atom stereocenters. The summed E-state index contributed by atoms with van der Waals surface area (Å²) in [6.45, 7) is 8.35. The van der Waals surface area contributed by atoms with Crippen molar-refractivity contribution in [3.8, 4) is 0 Å². The molecule has 118 valence electrons. The first-order valence-corrected chi connectivity index (χ1v) is 8.25. The monoisotopic (exact) mass is 318 g/mol. The zero-order chi connectivity index (χ0) is 15.9. The minimum Gasteiger partial charge on any atom is -0.370 e. The summed E-state index contributed by atoms with van der Waals surface area (Å²) in [5.74, 6) is 0.